The molecule has 158 valence electrons. The van der Waals surface area contributed by atoms with Gasteiger partial charge < -0.3 is 10.3 Å². The Labute approximate surface area is 176 Å². The van der Waals surface area contributed by atoms with Gasteiger partial charge in [-0.05, 0) is 60.7 Å². The van der Waals surface area contributed by atoms with Gasteiger partial charge in [-0.2, -0.15) is 0 Å². The summed E-state index contributed by atoms with van der Waals surface area (Å²) in [7, 11) is -3.16. The number of H-pyrrole nitrogens is 1. The van der Waals surface area contributed by atoms with Gasteiger partial charge in [-0.25, -0.2) is 12.8 Å². The van der Waals surface area contributed by atoms with Crippen LogP contribution in [0.1, 0.15) is 29.7 Å². The molecule has 5 rings (SSSR count). The molecule has 3 aromatic rings. The van der Waals surface area contributed by atoms with Gasteiger partial charge in [0, 0.05) is 49.0 Å². The van der Waals surface area contributed by atoms with Crippen molar-refractivity contribution in [3.63, 3.8) is 0 Å². The van der Waals surface area contributed by atoms with E-state index in [0.717, 1.165) is 61.9 Å². The lowest BCUT2D eigenvalue weighted by molar-refractivity contribution is 0.121. The molecule has 0 atom stereocenters. The van der Waals surface area contributed by atoms with Crippen molar-refractivity contribution in [2.45, 2.75) is 36.2 Å². The second kappa shape index (κ2) is 7.18. The minimum absolute atomic E-state index is 0.0836. The van der Waals surface area contributed by atoms with Gasteiger partial charge in [0.25, 0.3) is 0 Å². The van der Waals surface area contributed by atoms with Gasteiger partial charge in [0.15, 0.2) is 9.84 Å². The number of hydrogen-bond donors (Lipinski definition) is 2. The van der Waals surface area contributed by atoms with Gasteiger partial charge >= 0.3 is 0 Å². The number of nitrogens with zero attached hydrogens (tertiary/aromatic N) is 1. The Hall–Kier alpha value is -2.22. The zero-order chi connectivity index (χ0) is 20.9. The van der Waals surface area contributed by atoms with E-state index in [4.69, 9.17) is 0 Å². The van der Waals surface area contributed by atoms with Crippen LogP contribution in [0.15, 0.2) is 47.4 Å². The third-order valence-corrected chi connectivity index (χ3v) is 7.78. The molecule has 0 unspecified atom stereocenters. The van der Waals surface area contributed by atoms with E-state index in [2.05, 4.69) is 15.2 Å². The van der Waals surface area contributed by atoms with Crippen molar-refractivity contribution in [1.29, 1.82) is 0 Å². The van der Waals surface area contributed by atoms with Crippen molar-refractivity contribution >= 4 is 20.7 Å². The van der Waals surface area contributed by atoms with E-state index in [1.807, 2.05) is 18.2 Å². The molecule has 0 saturated carbocycles. The maximum Gasteiger partial charge on any atom is 0.175 e. The number of aromatic nitrogens is 1. The zero-order valence-electron chi connectivity index (χ0n) is 17.0. The first-order valence-electron chi connectivity index (χ1n) is 10.4. The fraction of sp³-hybridized carbons (Fsp3) is 0.391. The Morgan fingerprint density at radius 3 is 2.53 bits per heavy atom. The summed E-state index contributed by atoms with van der Waals surface area (Å²) in [6.45, 7) is 3.64. The largest absolute Gasteiger partial charge is 0.357 e. The number of rotatable bonds is 3. The first-order valence-corrected chi connectivity index (χ1v) is 12.3. The SMILES string of the molecule is CS(=O)(=O)c1ccc(CN2CCC3(CC2)NCCc2c3[nH]c3cc(F)ccc23)cc1. The van der Waals surface area contributed by atoms with Crippen LogP contribution >= 0.6 is 0 Å². The van der Waals surface area contributed by atoms with Crippen LogP contribution in [0.5, 0.6) is 0 Å². The van der Waals surface area contributed by atoms with Crippen LogP contribution in [0, 0.1) is 5.82 Å². The number of nitrogens with one attached hydrogen (secondary N) is 2. The molecule has 2 aliphatic rings. The van der Waals surface area contributed by atoms with Crippen LogP contribution in [-0.2, 0) is 28.3 Å². The topological polar surface area (TPSA) is 65.2 Å². The second-order valence-corrected chi connectivity index (χ2v) is 10.6. The summed E-state index contributed by atoms with van der Waals surface area (Å²) >= 11 is 0. The number of hydrogen-bond acceptors (Lipinski definition) is 4. The van der Waals surface area contributed by atoms with Crippen LogP contribution in [0.3, 0.4) is 0 Å². The van der Waals surface area contributed by atoms with E-state index in [0.29, 0.717) is 4.90 Å². The second-order valence-electron chi connectivity index (χ2n) is 8.62. The molecular weight excluding hydrogens is 401 g/mol. The molecule has 0 bridgehead atoms. The highest BCUT2D eigenvalue weighted by Gasteiger charge is 2.41. The Kier molecular flexibility index (Phi) is 4.72. The van der Waals surface area contributed by atoms with E-state index in [9.17, 15) is 12.8 Å². The number of likely N-dealkylation sites (tertiary alicyclic amines) is 1. The fourth-order valence-corrected chi connectivity index (χ4v) is 5.66. The Morgan fingerprint density at radius 1 is 1.10 bits per heavy atom. The molecular formula is C23H26FN3O2S. The van der Waals surface area contributed by atoms with E-state index in [1.165, 1.54) is 17.5 Å². The van der Waals surface area contributed by atoms with Gasteiger partial charge in [0.05, 0.1) is 10.4 Å². The summed E-state index contributed by atoms with van der Waals surface area (Å²) in [5.41, 5.74) is 4.48. The molecule has 2 N–H and O–H groups in total. The minimum Gasteiger partial charge on any atom is -0.357 e. The number of piperidine rings is 1. The van der Waals surface area contributed by atoms with Gasteiger partial charge in [-0.3, -0.25) is 4.90 Å². The van der Waals surface area contributed by atoms with E-state index < -0.39 is 9.84 Å². The summed E-state index contributed by atoms with van der Waals surface area (Å²) in [4.78, 5) is 6.30. The number of sulfone groups is 1. The molecule has 3 heterocycles. The number of fused-ring (bicyclic) bond motifs is 4. The standard InChI is InChI=1S/C23H26FN3O2S/c1-30(28,29)18-5-2-16(3-6-18)15-27-12-9-23(10-13-27)22-20(8-11-25-23)19-7-4-17(24)14-21(19)26-22/h2-7,14,25-26H,8-13,15H2,1H3. The predicted octanol–water partition coefficient (Wildman–Crippen LogP) is 3.35. The fourth-order valence-electron chi connectivity index (χ4n) is 5.03. The highest BCUT2D eigenvalue weighted by molar-refractivity contribution is 7.90. The lowest BCUT2D eigenvalue weighted by Gasteiger charge is -2.45. The predicted molar refractivity (Wildman–Crippen MR) is 116 cm³/mol. The van der Waals surface area contributed by atoms with Crippen LogP contribution in [0.25, 0.3) is 10.9 Å². The van der Waals surface area contributed by atoms with Crippen molar-refractivity contribution in [2.24, 2.45) is 0 Å². The van der Waals surface area contributed by atoms with Gasteiger partial charge in [-0.1, -0.05) is 12.1 Å². The molecule has 1 aromatic heterocycles. The molecule has 0 aliphatic carbocycles. The summed E-state index contributed by atoms with van der Waals surface area (Å²) in [5, 5.41) is 4.90. The van der Waals surface area contributed by atoms with Gasteiger partial charge in [0.1, 0.15) is 5.82 Å². The van der Waals surface area contributed by atoms with Crippen LogP contribution in [-0.4, -0.2) is 44.2 Å². The van der Waals surface area contributed by atoms with Crippen molar-refractivity contribution in [3.05, 3.63) is 65.1 Å². The van der Waals surface area contributed by atoms with E-state index in [-0.39, 0.29) is 11.4 Å². The maximum absolute atomic E-state index is 13.7. The smallest absolute Gasteiger partial charge is 0.175 e. The molecule has 5 nitrogen and oxygen atoms in total. The van der Waals surface area contributed by atoms with Gasteiger partial charge in [-0.15, -0.1) is 0 Å². The molecule has 7 heteroatoms. The van der Waals surface area contributed by atoms with Crippen LogP contribution in [0.4, 0.5) is 4.39 Å². The highest BCUT2D eigenvalue weighted by Crippen LogP contribution is 2.40. The minimum atomic E-state index is -3.16. The Balaban J connectivity index is 1.33. The molecule has 0 radical (unpaired) electrons. The number of benzene rings is 2. The number of halogens is 1. The molecule has 0 amide bonds. The first-order chi connectivity index (χ1) is 14.3. The first kappa shape index (κ1) is 19.7. The molecule has 1 spiro atoms. The van der Waals surface area contributed by atoms with Crippen molar-refractivity contribution in [3.8, 4) is 0 Å². The maximum atomic E-state index is 13.7. The molecule has 1 saturated heterocycles. The Morgan fingerprint density at radius 2 is 1.83 bits per heavy atom. The molecule has 1 fully saturated rings. The van der Waals surface area contributed by atoms with Crippen molar-refractivity contribution < 1.29 is 12.8 Å². The number of aromatic amines is 1. The normalized spacial score (nSPS) is 19.3. The monoisotopic (exact) mass is 427 g/mol. The van der Waals surface area contributed by atoms with Crippen molar-refractivity contribution in [1.82, 2.24) is 15.2 Å². The third kappa shape index (κ3) is 3.45. The van der Waals surface area contributed by atoms with E-state index >= 15 is 0 Å². The zero-order valence-corrected chi connectivity index (χ0v) is 17.9. The molecule has 30 heavy (non-hydrogen) atoms. The summed E-state index contributed by atoms with van der Waals surface area (Å²) in [6.07, 6.45) is 4.16. The highest BCUT2D eigenvalue weighted by atomic mass is 32.2. The lowest BCUT2D eigenvalue weighted by atomic mass is 9.79. The molecule has 2 aromatic carbocycles. The average molecular weight is 428 g/mol. The summed E-state index contributed by atoms with van der Waals surface area (Å²) < 4.78 is 37.0. The summed E-state index contributed by atoms with van der Waals surface area (Å²) in [6, 6.07) is 12.2. The molecule has 2 aliphatic heterocycles. The summed E-state index contributed by atoms with van der Waals surface area (Å²) in [5.74, 6) is -0.209. The van der Waals surface area contributed by atoms with Crippen LogP contribution in [0.2, 0.25) is 0 Å². The third-order valence-electron chi connectivity index (χ3n) is 6.65. The average Bonchev–Trinajstić information content (AvgIpc) is 3.09. The van der Waals surface area contributed by atoms with Gasteiger partial charge in [0.2, 0.25) is 0 Å². The quantitative estimate of drug-likeness (QED) is 0.673. The lowest BCUT2D eigenvalue weighted by Crippen LogP contribution is -2.54. The van der Waals surface area contributed by atoms with Crippen molar-refractivity contribution in [2.75, 3.05) is 25.9 Å². The van der Waals surface area contributed by atoms with E-state index in [1.54, 1.807) is 24.3 Å². The Bertz CT molecular complexity index is 1190. The van der Waals surface area contributed by atoms with Crippen LogP contribution < -0.4 is 5.32 Å².